The van der Waals surface area contributed by atoms with E-state index < -0.39 is 0 Å². The molecule has 0 aromatic rings. The lowest BCUT2D eigenvalue weighted by Gasteiger charge is -2.16. The van der Waals surface area contributed by atoms with Gasteiger partial charge in [0.25, 0.3) is 0 Å². The highest BCUT2D eigenvalue weighted by atomic mass is 32.2. The number of hydrogen-bond acceptors (Lipinski definition) is 3. The molecule has 0 aromatic heterocycles. The van der Waals surface area contributed by atoms with Gasteiger partial charge in [0.2, 0.25) is 0 Å². The second-order valence-corrected chi connectivity index (χ2v) is 3.42. The minimum atomic E-state index is 0.669. The first-order valence-corrected chi connectivity index (χ1v) is 4.54. The molecule has 0 radical (unpaired) electrons. The van der Waals surface area contributed by atoms with Crippen molar-refractivity contribution in [2.24, 2.45) is 11.8 Å². The van der Waals surface area contributed by atoms with Gasteiger partial charge in [0.1, 0.15) is 0 Å². The van der Waals surface area contributed by atoms with Crippen molar-refractivity contribution in [1.29, 1.82) is 0 Å². The number of rotatable bonds is 4. The Morgan fingerprint density at radius 1 is 1.56 bits per heavy atom. The Bertz CT molecular complexity index is 66.1. The summed E-state index contributed by atoms with van der Waals surface area (Å²) in [6.45, 7) is 5.32. The van der Waals surface area contributed by atoms with Gasteiger partial charge in [0.05, 0.1) is 5.88 Å². The quantitative estimate of drug-likeness (QED) is 0.368. The normalized spacial score (nSPS) is 11.3. The largest absolute Gasteiger partial charge is 0.268 e. The van der Waals surface area contributed by atoms with Crippen LogP contribution in [0.4, 0.5) is 0 Å². The Morgan fingerprint density at radius 3 is 2.44 bits per heavy atom. The molecule has 0 saturated carbocycles. The van der Waals surface area contributed by atoms with E-state index in [4.69, 9.17) is 5.84 Å². The van der Waals surface area contributed by atoms with E-state index in [9.17, 15) is 0 Å². The van der Waals surface area contributed by atoms with Crippen molar-refractivity contribution in [1.82, 2.24) is 5.01 Å². The molecule has 0 aliphatic rings. The van der Waals surface area contributed by atoms with E-state index in [2.05, 4.69) is 20.1 Å². The molecule has 0 saturated heterocycles. The number of thioether (sulfide) groups is 1. The molecule has 0 spiro atoms. The van der Waals surface area contributed by atoms with E-state index >= 15 is 0 Å². The molecular weight excluding hydrogens is 132 g/mol. The van der Waals surface area contributed by atoms with Gasteiger partial charge in [-0.05, 0) is 12.2 Å². The van der Waals surface area contributed by atoms with Crippen molar-refractivity contribution in [2.45, 2.75) is 13.8 Å². The molecule has 0 aliphatic heterocycles. The maximum absolute atomic E-state index is 5.60. The zero-order valence-electron chi connectivity index (χ0n) is 6.42. The second kappa shape index (κ2) is 5.09. The van der Waals surface area contributed by atoms with Crippen molar-refractivity contribution in [3.05, 3.63) is 0 Å². The van der Waals surface area contributed by atoms with E-state index in [0.29, 0.717) is 5.92 Å². The van der Waals surface area contributed by atoms with Gasteiger partial charge < -0.3 is 0 Å². The number of hydrazine groups is 1. The molecule has 0 unspecified atom stereocenters. The summed E-state index contributed by atoms with van der Waals surface area (Å²) in [6.07, 6.45) is 2.06. The minimum Gasteiger partial charge on any atom is -0.268 e. The van der Waals surface area contributed by atoms with Gasteiger partial charge in [0, 0.05) is 6.54 Å². The van der Waals surface area contributed by atoms with Crippen LogP contribution in [0.2, 0.25) is 0 Å². The monoisotopic (exact) mass is 148 g/mol. The van der Waals surface area contributed by atoms with E-state index in [1.807, 2.05) is 5.01 Å². The van der Waals surface area contributed by atoms with Crippen LogP contribution in [0.3, 0.4) is 0 Å². The summed E-state index contributed by atoms with van der Waals surface area (Å²) in [5.41, 5.74) is 0. The molecule has 0 rings (SSSR count). The maximum Gasteiger partial charge on any atom is 0.0582 e. The van der Waals surface area contributed by atoms with Crippen LogP contribution in [0.25, 0.3) is 0 Å². The molecule has 0 bridgehead atoms. The minimum absolute atomic E-state index is 0.669. The van der Waals surface area contributed by atoms with Gasteiger partial charge in [-0.2, -0.15) is 0 Å². The molecule has 0 aromatic carbocycles. The average molecular weight is 148 g/mol. The fourth-order valence-corrected chi connectivity index (χ4v) is 1.12. The molecule has 2 nitrogen and oxygen atoms in total. The van der Waals surface area contributed by atoms with Gasteiger partial charge in [-0.15, -0.1) is 11.8 Å². The van der Waals surface area contributed by atoms with Crippen LogP contribution in [0.15, 0.2) is 0 Å². The van der Waals surface area contributed by atoms with Gasteiger partial charge in [0.15, 0.2) is 0 Å². The Morgan fingerprint density at radius 2 is 2.11 bits per heavy atom. The number of hydrogen-bond donors (Lipinski definition) is 1. The van der Waals surface area contributed by atoms with Crippen molar-refractivity contribution in [3.63, 3.8) is 0 Å². The molecule has 9 heavy (non-hydrogen) atoms. The Labute approximate surface area is 61.8 Å². The zero-order valence-corrected chi connectivity index (χ0v) is 7.24. The molecule has 0 aliphatic carbocycles. The lowest BCUT2D eigenvalue weighted by Crippen LogP contribution is -2.33. The van der Waals surface area contributed by atoms with Crippen LogP contribution in [-0.4, -0.2) is 23.7 Å². The highest BCUT2D eigenvalue weighted by Crippen LogP contribution is 1.98. The Balaban J connectivity index is 3.15. The first kappa shape index (κ1) is 9.27. The summed E-state index contributed by atoms with van der Waals surface area (Å²) in [4.78, 5) is 0. The molecule has 0 amide bonds. The molecule has 3 heteroatoms. The molecular formula is C6H16N2S. The third kappa shape index (κ3) is 6.15. The smallest absolute Gasteiger partial charge is 0.0582 e. The molecule has 0 fully saturated rings. The van der Waals surface area contributed by atoms with E-state index in [1.54, 1.807) is 11.8 Å². The first-order valence-electron chi connectivity index (χ1n) is 3.15. The summed E-state index contributed by atoms with van der Waals surface area (Å²) < 4.78 is 0. The van der Waals surface area contributed by atoms with E-state index in [-0.39, 0.29) is 0 Å². The predicted octanol–water partition coefficient (Wildman–Crippen LogP) is 1.14. The average Bonchev–Trinajstić information content (AvgIpc) is 1.63. The van der Waals surface area contributed by atoms with Gasteiger partial charge in [-0.1, -0.05) is 13.8 Å². The van der Waals surface area contributed by atoms with Crippen LogP contribution in [0, 0.1) is 5.92 Å². The third-order valence-electron chi connectivity index (χ3n) is 0.895. The van der Waals surface area contributed by atoms with Crippen LogP contribution >= 0.6 is 11.8 Å². The predicted molar refractivity (Wildman–Crippen MR) is 44.1 cm³/mol. The summed E-state index contributed by atoms with van der Waals surface area (Å²) in [5, 5.41) is 1.84. The van der Waals surface area contributed by atoms with E-state index in [0.717, 1.165) is 12.4 Å². The summed E-state index contributed by atoms with van der Waals surface area (Å²) >= 11 is 1.75. The molecule has 2 N–H and O–H groups in total. The van der Waals surface area contributed by atoms with Gasteiger partial charge >= 0.3 is 0 Å². The maximum atomic E-state index is 5.60. The number of nitrogens with zero attached hydrogens (tertiary/aromatic N) is 1. The summed E-state index contributed by atoms with van der Waals surface area (Å²) in [7, 11) is 0. The van der Waals surface area contributed by atoms with Gasteiger partial charge in [-0.3, -0.25) is 5.84 Å². The lowest BCUT2D eigenvalue weighted by molar-refractivity contribution is 0.294. The van der Waals surface area contributed by atoms with Crippen molar-refractivity contribution in [3.8, 4) is 0 Å². The van der Waals surface area contributed by atoms with Crippen LogP contribution in [0.1, 0.15) is 13.8 Å². The highest BCUT2D eigenvalue weighted by Gasteiger charge is 1.98. The molecule has 0 atom stereocenters. The van der Waals surface area contributed by atoms with Crippen molar-refractivity contribution in [2.75, 3.05) is 18.7 Å². The summed E-state index contributed by atoms with van der Waals surface area (Å²) in [6, 6.07) is 0. The zero-order chi connectivity index (χ0) is 7.28. The SMILES string of the molecule is CSCN(N)CC(C)C. The number of nitrogens with two attached hydrogens (primary N) is 1. The molecule has 56 valence electrons. The Hall–Kier alpha value is 0.270. The third-order valence-corrected chi connectivity index (χ3v) is 1.48. The van der Waals surface area contributed by atoms with Crippen LogP contribution in [-0.2, 0) is 0 Å². The van der Waals surface area contributed by atoms with E-state index in [1.165, 1.54) is 0 Å². The first-order chi connectivity index (χ1) is 4.16. The lowest BCUT2D eigenvalue weighted by atomic mass is 10.2. The van der Waals surface area contributed by atoms with Crippen LogP contribution < -0.4 is 5.84 Å². The topological polar surface area (TPSA) is 29.3 Å². The Kier molecular flexibility index (Phi) is 5.24. The fraction of sp³-hybridized carbons (Fsp3) is 1.00. The van der Waals surface area contributed by atoms with Gasteiger partial charge in [-0.25, -0.2) is 5.01 Å². The van der Waals surface area contributed by atoms with Crippen LogP contribution in [0.5, 0.6) is 0 Å². The second-order valence-electron chi connectivity index (χ2n) is 2.58. The van der Waals surface area contributed by atoms with Crippen molar-refractivity contribution < 1.29 is 0 Å². The molecule has 0 heterocycles. The summed E-state index contributed by atoms with van der Waals surface area (Å²) in [5.74, 6) is 7.20. The standard InChI is InChI=1S/C6H16N2S/c1-6(2)4-8(7)5-9-3/h6H,4-5,7H2,1-3H3. The fourth-order valence-electron chi connectivity index (χ4n) is 0.688. The highest BCUT2D eigenvalue weighted by molar-refractivity contribution is 7.98. The van der Waals surface area contributed by atoms with Crippen molar-refractivity contribution >= 4 is 11.8 Å².